The zero-order valence-electron chi connectivity index (χ0n) is 7.12. The van der Waals surface area contributed by atoms with Gasteiger partial charge >= 0.3 is 0 Å². The van der Waals surface area contributed by atoms with Crippen LogP contribution < -0.4 is 5.73 Å². The number of hydrogen-bond acceptors (Lipinski definition) is 3. The number of primary amides is 1. The molecular weight excluding hydrogens is 158 g/mol. The van der Waals surface area contributed by atoms with Crippen LogP contribution in [0.2, 0.25) is 0 Å². The molecule has 0 aliphatic carbocycles. The average molecular weight is 173 g/mol. The first-order valence-corrected chi connectivity index (χ1v) is 4.11. The van der Waals surface area contributed by atoms with Crippen LogP contribution in [0.4, 0.5) is 0 Å². The molecule has 0 saturated heterocycles. The average Bonchev–Trinajstić information content (AvgIpc) is 2.02. The minimum Gasteiger partial charge on any atom is -0.468 e. The van der Waals surface area contributed by atoms with Crippen molar-refractivity contribution >= 4 is 12.4 Å². The quantitative estimate of drug-likeness (QED) is 0.431. The Morgan fingerprint density at radius 2 is 1.92 bits per heavy atom. The van der Waals surface area contributed by atoms with Gasteiger partial charge in [0.1, 0.15) is 0 Å². The van der Waals surface area contributed by atoms with Crippen LogP contribution in [0.25, 0.3) is 0 Å². The number of carbonyl (C=O) groups excluding carboxylic acids is 2. The van der Waals surface area contributed by atoms with Crippen molar-refractivity contribution in [3.05, 3.63) is 0 Å². The molecule has 0 unspecified atom stereocenters. The smallest absolute Gasteiger partial charge is 0.293 e. The highest BCUT2D eigenvalue weighted by Gasteiger charge is 1.94. The zero-order chi connectivity index (χ0) is 9.23. The van der Waals surface area contributed by atoms with Crippen LogP contribution in [0.5, 0.6) is 0 Å². The Hall–Kier alpha value is -1.06. The van der Waals surface area contributed by atoms with Gasteiger partial charge in [0.15, 0.2) is 0 Å². The van der Waals surface area contributed by atoms with Crippen molar-refractivity contribution in [2.45, 2.75) is 32.1 Å². The van der Waals surface area contributed by atoms with Crippen molar-refractivity contribution in [2.24, 2.45) is 5.73 Å². The molecule has 0 radical (unpaired) electrons. The maximum absolute atomic E-state index is 10.3. The number of unbranched alkanes of at least 4 members (excludes halogenated alkanes) is 3. The van der Waals surface area contributed by atoms with E-state index in [1.165, 1.54) is 0 Å². The zero-order valence-corrected chi connectivity index (χ0v) is 7.12. The van der Waals surface area contributed by atoms with E-state index in [1.54, 1.807) is 0 Å². The summed E-state index contributed by atoms with van der Waals surface area (Å²) in [6.07, 6.45) is 4.08. The molecule has 0 aromatic rings. The number of amides is 1. The summed E-state index contributed by atoms with van der Waals surface area (Å²) in [4.78, 5) is 20.0. The molecule has 0 heterocycles. The number of carbonyl (C=O) groups is 2. The largest absolute Gasteiger partial charge is 0.468 e. The summed E-state index contributed by atoms with van der Waals surface area (Å²) in [5, 5.41) is 0. The van der Waals surface area contributed by atoms with E-state index < -0.39 is 0 Å². The van der Waals surface area contributed by atoms with E-state index in [9.17, 15) is 9.59 Å². The van der Waals surface area contributed by atoms with Gasteiger partial charge in [0.05, 0.1) is 6.61 Å². The Morgan fingerprint density at radius 3 is 2.50 bits per heavy atom. The summed E-state index contributed by atoms with van der Waals surface area (Å²) < 4.78 is 4.49. The molecule has 0 saturated carbocycles. The SMILES string of the molecule is NC(=O)CCCCCCOC=O. The molecule has 0 aliphatic rings. The van der Waals surface area contributed by atoms with E-state index in [2.05, 4.69) is 4.74 Å². The third-order valence-corrected chi connectivity index (χ3v) is 1.50. The Morgan fingerprint density at radius 1 is 1.25 bits per heavy atom. The van der Waals surface area contributed by atoms with Gasteiger partial charge in [-0.3, -0.25) is 9.59 Å². The van der Waals surface area contributed by atoms with E-state index in [-0.39, 0.29) is 5.91 Å². The lowest BCUT2D eigenvalue weighted by atomic mass is 10.1. The summed E-state index contributed by atoms with van der Waals surface area (Å²) in [6, 6.07) is 0. The molecule has 0 atom stereocenters. The third-order valence-electron chi connectivity index (χ3n) is 1.50. The second-order valence-electron chi connectivity index (χ2n) is 2.60. The standard InChI is InChI=1S/C8H15NO3/c9-8(11)5-3-1-2-4-6-12-7-10/h7H,1-6H2,(H2,9,11). The van der Waals surface area contributed by atoms with Gasteiger partial charge in [0, 0.05) is 6.42 Å². The number of ether oxygens (including phenoxy) is 1. The molecule has 4 nitrogen and oxygen atoms in total. The lowest BCUT2D eigenvalue weighted by Crippen LogP contribution is -2.09. The maximum atomic E-state index is 10.3. The molecule has 1 amide bonds. The van der Waals surface area contributed by atoms with Gasteiger partial charge in [-0.15, -0.1) is 0 Å². The Bertz CT molecular complexity index is 136. The maximum Gasteiger partial charge on any atom is 0.293 e. The Balaban J connectivity index is 2.90. The predicted molar refractivity (Wildman–Crippen MR) is 44.3 cm³/mol. The van der Waals surface area contributed by atoms with Crippen LogP contribution in [-0.4, -0.2) is 19.0 Å². The molecule has 70 valence electrons. The fraction of sp³-hybridized carbons (Fsp3) is 0.750. The molecule has 0 aliphatic heterocycles. The van der Waals surface area contributed by atoms with Crippen LogP contribution in [0.1, 0.15) is 32.1 Å². The van der Waals surface area contributed by atoms with Gasteiger partial charge in [-0.1, -0.05) is 12.8 Å². The van der Waals surface area contributed by atoms with Crippen LogP contribution in [0.3, 0.4) is 0 Å². The van der Waals surface area contributed by atoms with E-state index >= 15 is 0 Å². The first-order valence-electron chi connectivity index (χ1n) is 4.11. The van der Waals surface area contributed by atoms with Crippen molar-refractivity contribution in [3.63, 3.8) is 0 Å². The third kappa shape index (κ3) is 8.94. The monoisotopic (exact) mass is 173 g/mol. The molecule has 0 fully saturated rings. The lowest BCUT2D eigenvalue weighted by molar-refractivity contribution is -0.128. The van der Waals surface area contributed by atoms with Crippen molar-refractivity contribution in [1.29, 1.82) is 0 Å². The van der Waals surface area contributed by atoms with Gasteiger partial charge in [-0.2, -0.15) is 0 Å². The van der Waals surface area contributed by atoms with Gasteiger partial charge in [-0.25, -0.2) is 0 Å². The fourth-order valence-corrected chi connectivity index (χ4v) is 0.886. The van der Waals surface area contributed by atoms with E-state index in [0.29, 0.717) is 19.5 Å². The van der Waals surface area contributed by atoms with E-state index in [4.69, 9.17) is 5.73 Å². The minimum absolute atomic E-state index is 0.251. The van der Waals surface area contributed by atoms with Gasteiger partial charge in [0.25, 0.3) is 6.47 Å². The highest BCUT2D eigenvalue weighted by Crippen LogP contribution is 2.02. The number of rotatable bonds is 8. The molecule has 2 N–H and O–H groups in total. The predicted octanol–water partition coefficient (Wildman–Crippen LogP) is 0.595. The van der Waals surface area contributed by atoms with E-state index in [0.717, 1.165) is 25.7 Å². The minimum atomic E-state index is -0.251. The van der Waals surface area contributed by atoms with Crippen LogP contribution >= 0.6 is 0 Å². The summed E-state index contributed by atoms with van der Waals surface area (Å²) in [6.45, 7) is 0.920. The van der Waals surface area contributed by atoms with Crippen LogP contribution in [0, 0.1) is 0 Å². The fourth-order valence-electron chi connectivity index (χ4n) is 0.886. The Labute approximate surface area is 72.1 Å². The topological polar surface area (TPSA) is 69.4 Å². The summed E-state index contributed by atoms with van der Waals surface area (Å²) in [7, 11) is 0. The molecule has 0 bridgehead atoms. The van der Waals surface area contributed by atoms with Gasteiger partial charge in [-0.05, 0) is 12.8 Å². The molecule has 0 aromatic heterocycles. The second kappa shape index (κ2) is 8.04. The summed E-state index contributed by atoms with van der Waals surface area (Å²) >= 11 is 0. The molecule has 12 heavy (non-hydrogen) atoms. The van der Waals surface area contributed by atoms with Gasteiger partial charge < -0.3 is 10.5 Å². The van der Waals surface area contributed by atoms with Crippen LogP contribution in [-0.2, 0) is 14.3 Å². The van der Waals surface area contributed by atoms with Crippen molar-refractivity contribution < 1.29 is 14.3 Å². The Kier molecular flexibility index (Phi) is 7.33. The highest BCUT2D eigenvalue weighted by atomic mass is 16.5. The molecule has 0 aromatic carbocycles. The second-order valence-corrected chi connectivity index (χ2v) is 2.60. The molecular formula is C8H15NO3. The molecule has 0 rings (SSSR count). The number of hydrogen-bond donors (Lipinski definition) is 1. The number of nitrogens with two attached hydrogens (primary N) is 1. The van der Waals surface area contributed by atoms with Crippen LogP contribution in [0.15, 0.2) is 0 Å². The van der Waals surface area contributed by atoms with E-state index in [1.807, 2.05) is 0 Å². The summed E-state index contributed by atoms with van der Waals surface area (Å²) in [5.41, 5.74) is 4.94. The first kappa shape index (κ1) is 10.9. The summed E-state index contributed by atoms with van der Waals surface area (Å²) in [5.74, 6) is -0.251. The van der Waals surface area contributed by atoms with Gasteiger partial charge in [0.2, 0.25) is 5.91 Å². The highest BCUT2D eigenvalue weighted by molar-refractivity contribution is 5.73. The van der Waals surface area contributed by atoms with Crippen molar-refractivity contribution in [3.8, 4) is 0 Å². The lowest BCUT2D eigenvalue weighted by Gasteiger charge is -1.98. The van der Waals surface area contributed by atoms with Crippen molar-refractivity contribution in [1.82, 2.24) is 0 Å². The molecule has 0 spiro atoms. The first-order chi connectivity index (χ1) is 5.77. The normalized spacial score (nSPS) is 9.33. The molecule has 4 heteroatoms. The van der Waals surface area contributed by atoms with Crippen molar-refractivity contribution in [2.75, 3.05) is 6.61 Å².